The Morgan fingerprint density at radius 3 is 2.16 bits per heavy atom. The Morgan fingerprint density at radius 1 is 0.960 bits per heavy atom. The van der Waals surface area contributed by atoms with Crippen molar-refractivity contribution in [1.82, 2.24) is 14.8 Å². The van der Waals surface area contributed by atoms with Gasteiger partial charge in [0.05, 0.1) is 11.9 Å². The molecule has 1 aromatic heterocycles. The molecule has 0 spiro atoms. The molecule has 1 saturated heterocycles. The van der Waals surface area contributed by atoms with Gasteiger partial charge in [-0.1, -0.05) is 0 Å². The smallest absolute Gasteiger partial charge is 0.272 e. The predicted octanol–water partition coefficient (Wildman–Crippen LogP) is 2.42. The number of carbonyl (C=O) groups is 2. The second-order valence-electron chi connectivity index (χ2n) is 6.29. The van der Waals surface area contributed by atoms with E-state index in [2.05, 4.69) is 22.2 Å². The molecule has 1 aliphatic heterocycles. The third kappa shape index (κ3) is 4.22. The van der Waals surface area contributed by atoms with Crippen LogP contribution in [0.4, 0.5) is 11.4 Å². The molecule has 0 unspecified atom stereocenters. The largest absolute Gasteiger partial charge is 0.354 e. The molecular formula is C19H22N4O2. The van der Waals surface area contributed by atoms with Crippen LogP contribution >= 0.6 is 0 Å². The highest BCUT2D eigenvalue weighted by Gasteiger charge is 2.21. The van der Waals surface area contributed by atoms with E-state index < -0.39 is 0 Å². The zero-order chi connectivity index (χ0) is 17.8. The highest BCUT2D eigenvalue weighted by atomic mass is 16.2. The predicted molar refractivity (Wildman–Crippen MR) is 97.4 cm³/mol. The van der Waals surface area contributed by atoms with E-state index >= 15 is 0 Å². The molecule has 0 saturated carbocycles. The van der Waals surface area contributed by atoms with Gasteiger partial charge in [0.2, 0.25) is 0 Å². The number of benzene rings is 1. The van der Waals surface area contributed by atoms with Crippen molar-refractivity contribution in [3.05, 3.63) is 53.9 Å². The number of hydrogen-bond acceptors (Lipinski definition) is 5. The fourth-order valence-electron chi connectivity index (χ4n) is 2.72. The number of nitrogens with zero attached hydrogens (tertiary/aromatic N) is 3. The lowest BCUT2D eigenvalue weighted by atomic mass is 10.1. The summed E-state index contributed by atoms with van der Waals surface area (Å²) >= 11 is 0. The second-order valence-corrected chi connectivity index (χ2v) is 6.29. The third-order valence-corrected chi connectivity index (χ3v) is 4.35. The lowest BCUT2D eigenvalue weighted by molar-refractivity contribution is 0.0658. The fourth-order valence-corrected chi connectivity index (χ4v) is 2.72. The van der Waals surface area contributed by atoms with Crippen LogP contribution in [0.15, 0.2) is 42.6 Å². The van der Waals surface area contributed by atoms with Crippen LogP contribution in [0.1, 0.15) is 27.8 Å². The van der Waals surface area contributed by atoms with E-state index in [0.29, 0.717) is 11.3 Å². The molecule has 2 aromatic rings. The Morgan fingerprint density at radius 2 is 1.60 bits per heavy atom. The molecule has 1 amide bonds. The van der Waals surface area contributed by atoms with Gasteiger partial charge in [-0.25, -0.2) is 4.98 Å². The zero-order valence-corrected chi connectivity index (χ0v) is 14.5. The van der Waals surface area contributed by atoms with Crippen molar-refractivity contribution in [2.45, 2.75) is 6.92 Å². The maximum absolute atomic E-state index is 12.5. The van der Waals surface area contributed by atoms with Gasteiger partial charge in [-0.05, 0) is 50.4 Å². The molecule has 6 heteroatoms. The maximum atomic E-state index is 12.5. The number of likely N-dealkylation sites (N-methyl/N-ethyl adjacent to an activating group) is 1. The minimum Gasteiger partial charge on any atom is -0.354 e. The first-order chi connectivity index (χ1) is 12.0. The Kier molecular flexibility index (Phi) is 5.09. The number of amides is 1. The maximum Gasteiger partial charge on any atom is 0.272 e. The lowest BCUT2D eigenvalue weighted by Gasteiger charge is -2.32. The average molecular weight is 338 g/mol. The normalized spacial score (nSPS) is 15.0. The Hall–Kier alpha value is -2.73. The van der Waals surface area contributed by atoms with Gasteiger partial charge < -0.3 is 15.1 Å². The fraction of sp³-hybridized carbons (Fsp3) is 0.316. The summed E-state index contributed by atoms with van der Waals surface area (Å²) in [7, 11) is 2.06. The molecule has 6 nitrogen and oxygen atoms in total. The minimum atomic E-state index is -0.0227. The summed E-state index contributed by atoms with van der Waals surface area (Å²) in [6.45, 7) is 4.80. The first-order valence-electron chi connectivity index (χ1n) is 8.35. The van der Waals surface area contributed by atoms with E-state index in [4.69, 9.17) is 0 Å². The van der Waals surface area contributed by atoms with E-state index in [1.54, 1.807) is 31.3 Å². The standard InChI is InChI=1S/C19H22N4O2/c1-14(24)15-3-5-16(6-4-15)21-17-7-8-18(20-13-17)19(25)23-11-9-22(2)10-12-23/h3-8,13,21H,9-12H2,1-2H3. The molecule has 0 radical (unpaired) electrons. The van der Waals surface area contributed by atoms with Gasteiger partial charge in [-0.2, -0.15) is 0 Å². The van der Waals surface area contributed by atoms with Crippen LogP contribution in [0.3, 0.4) is 0 Å². The summed E-state index contributed by atoms with van der Waals surface area (Å²) in [6, 6.07) is 10.8. The van der Waals surface area contributed by atoms with Crippen LogP contribution in [0, 0.1) is 0 Å². The average Bonchev–Trinajstić information content (AvgIpc) is 2.63. The number of Topliss-reactive ketones (excluding diaryl/α,β-unsaturated/α-hetero) is 1. The summed E-state index contributed by atoms with van der Waals surface area (Å²) in [5.74, 6) is 0.0189. The van der Waals surface area contributed by atoms with Crippen molar-refractivity contribution in [2.75, 3.05) is 38.5 Å². The molecule has 0 bridgehead atoms. The summed E-state index contributed by atoms with van der Waals surface area (Å²) in [6.07, 6.45) is 1.65. The molecule has 0 aliphatic carbocycles. The van der Waals surface area contributed by atoms with Crippen molar-refractivity contribution < 1.29 is 9.59 Å². The number of pyridine rings is 1. The van der Waals surface area contributed by atoms with Gasteiger partial charge in [0.1, 0.15) is 5.69 Å². The van der Waals surface area contributed by atoms with E-state index in [1.807, 2.05) is 23.1 Å². The highest BCUT2D eigenvalue weighted by Crippen LogP contribution is 2.17. The van der Waals surface area contributed by atoms with Crippen LogP contribution in [-0.4, -0.2) is 59.7 Å². The number of rotatable bonds is 4. The van der Waals surface area contributed by atoms with Gasteiger partial charge in [-0.3, -0.25) is 9.59 Å². The van der Waals surface area contributed by atoms with Crippen molar-refractivity contribution in [3.63, 3.8) is 0 Å². The van der Waals surface area contributed by atoms with Gasteiger partial charge in [0.25, 0.3) is 5.91 Å². The minimum absolute atomic E-state index is 0.0227. The van der Waals surface area contributed by atoms with Crippen LogP contribution in [0.25, 0.3) is 0 Å². The number of piperazine rings is 1. The number of ketones is 1. The Labute approximate surface area is 147 Å². The SMILES string of the molecule is CC(=O)c1ccc(Nc2ccc(C(=O)N3CCN(C)CC3)nc2)cc1. The number of anilines is 2. The van der Waals surface area contributed by atoms with Crippen LogP contribution in [0.2, 0.25) is 0 Å². The van der Waals surface area contributed by atoms with Gasteiger partial charge in [-0.15, -0.1) is 0 Å². The molecule has 0 atom stereocenters. The van der Waals surface area contributed by atoms with Crippen molar-refractivity contribution >= 4 is 23.1 Å². The number of carbonyl (C=O) groups excluding carboxylic acids is 2. The molecular weight excluding hydrogens is 316 g/mol. The summed E-state index contributed by atoms with van der Waals surface area (Å²) in [5.41, 5.74) is 2.80. The highest BCUT2D eigenvalue weighted by molar-refractivity contribution is 5.94. The van der Waals surface area contributed by atoms with E-state index in [1.165, 1.54) is 0 Å². The van der Waals surface area contributed by atoms with Crippen LogP contribution in [0.5, 0.6) is 0 Å². The molecule has 1 aliphatic rings. The quantitative estimate of drug-likeness (QED) is 0.867. The Bertz CT molecular complexity index is 748. The van der Waals surface area contributed by atoms with Crippen LogP contribution in [-0.2, 0) is 0 Å². The number of nitrogens with one attached hydrogen (secondary N) is 1. The van der Waals surface area contributed by atoms with E-state index in [0.717, 1.165) is 37.6 Å². The second kappa shape index (κ2) is 7.44. The molecule has 1 aromatic carbocycles. The molecule has 3 rings (SSSR count). The molecule has 1 N–H and O–H groups in total. The monoisotopic (exact) mass is 338 g/mol. The Balaban J connectivity index is 1.63. The number of aromatic nitrogens is 1. The first-order valence-corrected chi connectivity index (χ1v) is 8.35. The third-order valence-electron chi connectivity index (χ3n) is 4.35. The van der Waals surface area contributed by atoms with Crippen molar-refractivity contribution in [3.8, 4) is 0 Å². The summed E-state index contributed by atoms with van der Waals surface area (Å²) in [4.78, 5) is 32.1. The van der Waals surface area contributed by atoms with E-state index in [-0.39, 0.29) is 11.7 Å². The topological polar surface area (TPSA) is 65.5 Å². The van der Waals surface area contributed by atoms with Gasteiger partial charge in [0.15, 0.2) is 5.78 Å². The molecule has 2 heterocycles. The number of hydrogen-bond donors (Lipinski definition) is 1. The summed E-state index contributed by atoms with van der Waals surface area (Å²) in [5, 5.41) is 3.22. The first kappa shape index (κ1) is 17.1. The zero-order valence-electron chi connectivity index (χ0n) is 14.5. The van der Waals surface area contributed by atoms with Crippen LogP contribution < -0.4 is 5.32 Å². The molecule has 25 heavy (non-hydrogen) atoms. The van der Waals surface area contributed by atoms with E-state index in [9.17, 15) is 9.59 Å². The van der Waals surface area contributed by atoms with Crippen molar-refractivity contribution in [1.29, 1.82) is 0 Å². The van der Waals surface area contributed by atoms with Crippen molar-refractivity contribution in [2.24, 2.45) is 0 Å². The molecule has 1 fully saturated rings. The van der Waals surface area contributed by atoms with Gasteiger partial charge >= 0.3 is 0 Å². The van der Waals surface area contributed by atoms with Gasteiger partial charge in [0, 0.05) is 37.4 Å². The lowest BCUT2D eigenvalue weighted by Crippen LogP contribution is -2.47. The summed E-state index contributed by atoms with van der Waals surface area (Å²) < 4.78 is 0. The molecule has 130 valence electrons.